The van der Waals surface area contributed by atoms with E-state index in [1.165, 1.54) is 16.0 Å². The molecule has 0 aliphatic heterocycles. The minimum absolute atomic E-state index is 0.648. The van der Waals surface area contributed by atoms with E-state index in [0.29, 0.717) is 5.02 Å². The zero-order valence-corrected chi connectivity index (χ0v) is 19.5. The van der Waals surface area contributed by atoms with Crippen molar-refractivity contribution in [1.82, 2.24) is 9.55 Å². The molecule has 4 aromatic rings. The quantitative estimate of drug-likeness (QED) is 0.316. The maximum absolute atomic E-state index is 11.2. The van der Waals surface area contributed by atoms with Gasteiger partial charge in [-0.3, -0.25) is 4.57 Å². The molecule has 1 heterocycles. The fourth-order valence-corrected chi connectivity index (χ4v) is 5.15. The van der Waals surface area contributed by atoms with E-state index in [1.54, 1.807) is 11.8 Å². The molecule has 0 saturated heterocycles. The molecule has 3 aromatic carbocycles. The minimum atomic E-state index is -0.862. The summed E-state index contributed by atoms with van der Waals surface area (Å²) in [5.41, 5.74) is 4.07. The lowest BCUT2D eigenvalue weighted by Crippen LogP contribution is -2.21. The molecule has 1 aliphatic carbocycles. The molecule has 3 nitrogen and oxygen atoms in total. The normalized spacial score (nSPS) is 15.2. The standard InChI is InChI=1S/C27H25ClN2OS/c1-32-22-8-6-7-20(17-22)19-11-13-21(14-12-19)30-18-25(27(31)15-4-5-16-27)29-26(30)23-9-2-3-10-24(23)28/h2-3,6-14,17-18,31H,4-5,15-16H2,1H3. The summed E-state index contributed by atoms with van der Waals surface area (Å²) in [6.45, 7) is 0. The highest BCUT2D eigenvalue weighted by Gasteiger charge is 2.36. The van der Waals surface area contributed by atoms with Crippen LogP contribution in [0.2, 0.25) is 5.02 Å². The summed E-state index contributed by atoms with van der Waals surface area (Å²) >= 11 is 8.28. The fraction of sp³-hybridized carbons (Fsp3) is 0.222. The minimum Gasteiger partial charge on any atom is -0.383 e. The highest BCUT2D eigenvalue weighted by molar-refractivity contribution is 7.98. The van der Waals surface area contributed by atoms with Gasteiger partial charge in [-0.15, -0.1) is 11.8 Å². The summed E-state index contributed by atoms with van der Waals surface area (Å²) in [7, 11) is 0. The van der Waals surface area contributed by atoms with Gasteiger partial charge in [0, 0.05) is 22.3 Å². The molecule has 0 amide bonds. The van der Waals surface area contributed by atoms with Crippen LogP contribution in [0, 0.1) is 0 Å². The van der Waals surface area contributed by atoms with Gasteiger partial charge in [-0.1, -0.05) is 60.8 Å². The SMILES string of the molecule is CSc1cccc(-c2ccc(-n3cc(C4(O)CCCC4)nc3-c3ccccc3Cl)cc2)c1. The van der Waals surface area contributed by atoms with E-state index in [9.17, 15) is 5.11 Å². The number of aromatic nitrogens is 2. The molecular formula is C27H25ClN2OS. The number of hydrogen-bond donors (Lipinski definition) is 1. The van der Waals surface area contributed by atoms with Gasteiger partial charge in [0.1, 0.15) is 11.4 Å². The monoisotopic (exact) mass is 460 g/mol. The van der Waals surface area contributed by atoms with E-state index < -0.39 is 5.60 Å². The molecule has 5 rings (SSSR count). The first-order chi connectivity index (χ1) is 15.6. The van der Waals surface area contributed by atoms with Crippen molar-refractivity contribution in [2.24, 2.45) is 0 Å². The Bertz CT molecular complexity index is 1240. The van der Waals surface area contributed by atoms with Crippen molar-refractivity contribution in [2.75, 3.05) is 6.26 Å². The van der Waals surface area contributed by atoms with Crippen molar-refractivity contribution in [2.45, 2.75) is 36.2 Å². The van der Waals surface area contributed by atoms with Crippen molar-refractivity contribution >= 4 is 23.4 Å². The van der Waals surface area contributed by atoms with Crippen molar-refractivity contribution in [1.29, 1.82) is 0 Å². The van der Waals surface area contributed by atoms with Crippen LogP contribution >= 0.6 is 23.4 Å². The highest BCUT2D eigenvalue weighted by Crippen LogP contribution is 2.40. The summed E-state index contributed by atoms with van der Waals surface area (Å²) in [4.78, 5) is 6.15. The van der Waals surface area contributed by atoms with Crippen LogP contribution < -0.4 is 0 Å². The molecule has 1 fully saturated rings. The summed E-state index contributed by atoms with van der Waals surface area (Å²) < 4.78 is 2.05. The summed E-state index contributed by atoms with van der Waals surface area (Å²) in [6, 6.07) is 24.8. The van der Waals surface area contributed by atoms with E-state index in [4.69, 9.17) is 16.6 Å². The van der Waals surface area contributed by atoms with Gasteiger partial charge in [-0.25, -0.2) is 4.98 Å². The molecule has 0 unspecified atom stereocenters. The Hall–Kier alpha value is -2.53. The first-order valence-electron chi connectivity index (χ1n) is 10.9. The maximum Gasteiger partial charge on any atom is 0.146 e. The maximum atomic E-state index is 11.2. The molecule has 0 atom stereocenters. The zero-order chi connectivity index (χ0) is 22.1. The fourth-order valence-electron chi connectivity index (χ4n) is 4.47. The van der Waals surface area contributed by atoms with E-state index in [0.717, 1.165) is 48.5 Å². The number of rotatable bonds is 5. The molecule has 1 aliphatic rings. The summed E-state index contributed by atoms with van der Waals surface area (Å²) in [6.07, 6.45) is 7.61. The number of imidazole rings is 1. The Morgan fingerprint density at radius 2 is 1.69 bits per heavy atom. The predicted molar refractivity (Wildman–Crippen MR) is 134 cm³/mol. The molecule has 32 heavy (non-hydrogen) atoms. The number of aliphatic hydroxyl groups is 1. The van der Waals surface area contributed by atoms with E-state index in [-0.39, 0.29) is 0 Å². The molecular weight excluding hydrogens is 436 g/mol. The first-order valence-corrected chi connectivity index (χ1v) is 12.5. The van der Waals surface area contributed by atoms with Crippen LogP contribution in [0.25, 0.3) is 28.2 Å². The number of nitrogens with zero attached hydrogens (tertiary/aromatic N) is 2. The van der Waals surface area contributed by atoms with Crippen molar-refractivity contribution in [3.8, 4) is 28.2 Å². The molecule has 0 spiro atoms. The smallest absolute Gasteiger partial charge is 0.146 e. The van der Waals surface area contributed by atoms with Gasteiger partial charge >= 0.3 is 0 Å². The Balaban J connectivity index is 1.59. The molecule has 162 valence electrons. The van der Waals surface area contributed by atoms with E-state index in [2.05, 4.69) is 59.4 Å². The third-order valence-corrected chi connectivity index (χ3v) is 7.33. The number of hydrogen-bond acceptors (Lipinski definition) is 3. The zero-order valence-electron chi connectivity index (χ0n) is 18.0. The second kappa shape index (κ2) is 8.78. The van der Waals surface area contributed by atoms with Gasteiger partial charge < -0.3 is 5.11 Å². The number of thioether (sulfide) groups is 1. The van der Waals surface area contributed by atoms with Gasteiger partial charge in [0.2, 0.25) is 0 Å². The third-order valence-electron chi connectivity index (χ3n) is 6.28. The van der Waals surface area contributed by atoms with Crippen molar-refractivity contribution < 1.29 is 5.11 Å². The predicted octanol–water partition coefficient (Wildman–Crippen LogP) is 7.34. The van der Waals surface area contributed by atoms with Crippen molar-refractivity contribution in [3.05, 3.63) is 89.7 Å². The van der Waals surface area contributed by atoms with Crippen LogP contribution in [-0.4, -0.2) is 20.9 Å². The van der Waals surface area contributed by atoms with Crippen LogP contribution in [0.3, 0.4) is 0 Å². The van der Waals surface area contributed by atoms with Gasteiger partial charge in [0.25, 0.3) is 0 Å². The first kappa shape index (κ1) is 21.3. The largest absolute Gasteiger partial charge is 0.383 e. The molecule has 1 saturated carbocycles. The van der Waals surface area contributed by atoms with Gasteiger partial charge in [0.15, 0.2) is 0 Å². The van der Waals surface area contributed by atoms with E-state index in [1.807, 2.05) is 30.5 Å². The third kappa shape index (κ3) is 3.99. The lowest BCUT2D eigenvalue weighted by Gasteiger charge is -2.18. The summed E-state index contributed by atoms with van der Waals surface area (Å²) in [5.74, 6) is 0.753. The molecule has 0 radical (unpaired) electrons. The Morgan fingerprint density at radius 1 is 0.938 bits per heavy atom. The summed E-state index contributed by atoms with van der Waals surface area (Å²) in [5, 5.41) is 11.8. The molecule has 1 aromatic heterocycles. The molecule has 1 N–H and O–H groups in total. The van der Waals surface area contributed by atoms with Gasteiger partial charge in [-0.05, 0) is 66.6 Å². The van der Waals surface area contributed by atoms with Crippen LogP contribution in [0.4, 0.5) is 0 Å². The van der Waals surface area contributed by atoms with Gasteiger partial charge in [0.05, 0.1) is 10.7 Å². The second-order valence-electron chi connectivity index (χ2n) is 8.32. The highest BCUT2D eigenvalue weighted by atomic mass is 35.5. The molecule has 0 bridgehead atoms. The lowest BCUT2D eigenvalue weighted by atomic mass is 9.99. The number of benzene rings is 3. The van der Waals surface area contributed by atoms with Crippen LogP contribution in [-0.2, 0) is 5.60 Å². The average Bonchev–Trinajstić information content (AvgIpc) is 3.47. The van der Waals surface area contributed by atoms with Crippen molar-refractivity contribution in [3.63, 3.8) is 0 Å². The topological polar surface area (TPSA) is 38.0 Å². The van der Waals surface area contributed by atoms with E-state index >= 15 is 0 Å². The molecule has 5 heteroatoms. The second-order valence-corrected chi connectivity index (χ2v) is 9.60. The average molecular weight is 461 g/mol. The van der Waals surface area contributed by atoms with Crippen LogP contribution in [0.5, 0.6) is 0 Å². The van der Waals surface area contributed by atoms with Gasteiger partial charge in [-0.2, -0.15) is 0 Å². The Labute approximate surface area is 198 Å². The van der Waals surface area contributed by atoms with Crippen LogP contribution in [0.1, 0.15) is 31.4 Å². The number of halogens is 1. The van der Waals surface area contributed by atoms with Crippen LogP contribution in [0.15, 0.2) is 83.9 Å². The Kier molecular flexibility index (Phi) is 5.85. The lowest BCUT2D eigenvalue weighted by molar-refractivity contribution is 0.0404. The Morgan fingerprint density at radius 3 is 2.41 bits per heavy atom.